The first kappa shape index (κ1) is 18.2. The van der Waals surface area contributed by atoms with Gasteiger partial charge in [0.15, 0.2) is 0 Å². The van der Waals surface area contributed by atoms with Gasteiger partial charge in [-0.25, -0.2) is 9.59 Å². The molecule has 20 heavy (non-hydrogen) atoms. The van der Waals surface area contributed by atoms with Crippen molar-refractivity contribution in [2.24, 2.45) is 0 Å². The molecule has 0 heterocycles. The summed E-state index contributed by atoms with van der Waals surface area (Å²) < 4.78 is 0. The highest BCUT2D eigenvalue weighted by molar-refractivity contribution is 5.86. The number of likely N-dealkylation sites (N-methyl/N-ethyl adjacent to an activating group) is 1. The lowest BCUT2D eigenvalue weighted by Crippen LogP contribution is -2.50. The summed E-state index contributed by atoms with van der Waals surface area (Å²) in [7, 11) is 1.49. The minimum atomic E-state index is -1.05. The maximum atomic E-state index is 12.0. The standard InChI is InChI=1S/C13H25N3O4/c1-4-6-7-10(12(18)19)15-13(20)16(8-5-2)9-11(17)14-3/h10H,4-9H2,1-3H3,(H,14,17)(H,15,20)(H,18,19). The van der Waals surface area contributed by atoms with Crippen LogP contribution in [-0.4, -0.2) is 54.1 Å². The molecule has 7 heteroatoms. The van der Waals surface area contributed by atoms with E-state index in [1.54, 1.807) is 0 Å². The molecule has 0 bridgehead atoms. The molecule has 0 radical (unpaired) electrons. The normalized spacial score (nSPS) is 11.6. The molecular formula is C13H25N3O4. The van der Waals surface area contributed by atoms with Gasteiger partial charge < -0.3 is 20.6 Å². The van der Waals surface area contributed by atoms with Gasteiger partial charge in [-0.05, 0) is 12.8 Å². The van der Waals surface area contributed by atoms with Gasteiger partial charge in [0, 0.05) is 13.6 Å². The van der Waals surface area contributed by atoms with Crippen LogP contribution in [0, 0.1) is 0 Å². The summed E-state index contributed by atoms with van der Waals surface area (Å²) in [6.07, 6.45) is 2.66. The van der Waals surface area contributed by atoms with Gasteiger partial charge in [-0.1, -0.05) is 26.7 Å². The van der Waals surface area contributed by atoms with Gasteiger partial charge in [-0.3, -0.25) is 4.79 Å². The lowest BCUT2D eigenvalue weighted by Gasteiger charge is -2.24. The van der Waals surface area contributed by atoms with Gasteiger partial charge in [0.1, 0.15) is 12.6 Å². The first-order valence-corrected chi connectivity index (χ1v) is 6.95. The zero-order valence-electron chi connectivity index (χ0n) is 12.4. The van der Waals surface area contributed by atoms with Crippen molar-refractivity contribution in [1.29, 1.82) is 0 Å². The zero-order valence-corrected chi connectivity index (χ0v) is 12.4. The molecule has 0 aliphatic heterocycles. The number of carbonyl (C=O) groups excluding carboxylic acids is 2. The predicted octanol–water partition coefficient (Wildman–Crippen LogP) is 0.797. The number of aliphatic carboxylic acids is 1. The Hall–Kier alpha value is -1.79. The molecule has 3 amide bonds. The van der Waals surface area contributed by atoms with Crippen molar-refractivity contribution in [1.82, 2.24) is 15.5 Å². The Balaban J connectivity index is 4.61. The largest absolute Gasteiger partial charge is 0.480 e. The quantitative estimate of drug-likeness (QED) is 0.584. The van der Waals surface area contributed by atoms with Crippen LogP contribution in [0.2, 0.25) is 0 Å². The number of unbranched alkanes of at least 4 members (excludes halogenated alkanes) is 1. The van der Waals surface area contributed by atoms with E-state index in [2.05, 4.69) is 10.6 Å². The van der Waals surface area contributed by atoms with Crippen LogP contribution in [0.15, 0.2) is 0 Å². The van der Waals surface area contributed by atoms with E-state index in [4.69, 9.17) is 5.11 Å². The number of amides is 3. The number of carboxylic acids is 1. The van der Waals surface area contributed by atoms with Crippen molar-refractivity contribution in [2.45, 2.75) is 45.6 Å². The van der Waals surface area contributed by atoms with Crippen LogP contribution in [0.3, 0.4) is 0 Å². The zero-order chi connectivity index (χ0) is 15.5. The van der Waals surface area contributed by atoms with Crippen molar-refractivity contribution < 1.29 is 19.5 Å². The number of urea groups is 1. The third-order valence-electron chi connectivity index (χ3n) is 2.84. The average molecular weight is 287 g/mol. The van der Waals surface area contributed by atoms with Gasteiger partial charge in [-0.2, -0.15) is 0 Å². The molecule has 0 fully saturated rings. The second-order valence-electron chi connectivity index (χ2n) is 4.58. The maximum absolute atomic E-state index is 12.0. The van der Waals surface area contributed by atoms with E-state index in [1.807, 2.05) is 13.8 Å². The fourth-order valence-corrected chi connectivity index (χ4v) is 1.68. The first-order chi connectivity index (χ1) is 9.46. The molecule has 0 saturated heterocycles. The smallest absolute Gasteiger partial charge is 0.326 e. The third kappa shape index (κ3) is 6.96. The molecule has 0 aromatic carbocycles. The Morgan fingerprint density at radius 3 is 2.30 bits per heavy atom. The molecule has 0 spiro atoms. The Morgan fingerprint density at radius 2 is 1.85 bits per heavy atom. The predicted molar refractivity (Wildman–Crippen MR) is 75.4 cm³/mol. The molecule has 0 saturated carbocycles. The Bertz CT molecular complexity index is 334. The summed E-state index contributed by atoms with van der Waals surface area (Å²) in [5, 5.41) is 14.0. The summed E-state index contributed by atoms with van der Waals surface area (Å²) in [4.78, 5) is 35.8. The number of rotatable bonds is 9. The summed E-state index contributed by atoms with van der Waals surface area (Å²) >= 11 is 0. The summed E-state index contributed by atoms with van der Waals surface area (Å²) in [5.74, 6) is -1.34. The Kier molecular flexibility index (Phi) is 9.15. The monoisotopic (exact) mass is 287 g/mol. The molecule has 7 nitrogen and oxygen atoms in total. The van der Waals surface area contributed by atoms with Crippen LogP contribution in [0.4, 0.5) is 4.79 Å². The fourth-order valence-electron chi connectivity index (χ4n) is 1.68. The van der Waals surface area contributed by atoms with Crippen molar-refractivity contribution in [3.63, 3.8) is 0 Å². The number of carbonyl (C=O) groups is 3. The Labute approximate surface area is 119 Å². The Morgan fingerprint density at radius 1 is 1.20 bits per heavy atom. The lowest BCUT2D eigenvalue weighted by atomic mass is 10.1. The minimum Gasteiger partial charge on any atom is -0.480 e. The summed E-state index contributed by atoms with van der Waals surface area (Å²) in [6, 6.07) is -1.43. The van der Waals surface area contributed by atoms with E-state index < -0.39 is 18.0 Å². The second kappa shape index (κ2) is 10.1. The number of nitrogens with zero attached hydrogens (tertiary/aromatic N) is 1. The molecule has 3 N–H and O–H groups in total. The van der Waals surface area contributed by atoms with Crippen LogP contribution in [-0.2, 0) is 9.59 Å². The molecular weight excluding hydrogens is 262 g/mol. The van der Waals surface area contributed by atoms with E-state index in [-0.39, 0.29) is 12.5 Å². The highest BCUT2D eigenvalue weighted by atomic mass is 16.4. The topological polar surface area (TPSA) is 98.7 Å². The molecule has 0 aliphatic carbocycles. The molecule has 1 unspecified atom stereocenters. The van der Waals surface area contributed by atoms with Crippen molar-refractivity contribution in [2.75, 3.05) is 20.1 Å². The third-order valence-corrected chi connectivity index (χ3v) is 2.84. The van der Waals surface area contributed by atoms with Crippen LogP contribution in [0.25, 0.3) is 0 Å². The highest BCUT2D eigenvalue weighted by Crippen LogP contribution is 2.03. The van der Waals surface area contributed by atoms with Crippen LogP contribution in [0.5, 0.6) is 0 Å². The van der Waals surface area contributed by atoms with Crippen LogP contribution >= 0.6 is 0 Å². The van der Waals surface area contributed by atoms with E-state index >= 15 is 0 Å². The number of hydrogen-bond acceptors (Lipinski definition) is 3. The van der Waals surface area contributed by atoms with Gasteiger partial charge in [0.05, 0.1) is 0 Å². The molecule has 116 valence electrons. The average Bonchev–Trinajstić information content (AvgIpc) is 2.42. The SMILES string of the molecule is CCCCC(NC(=O)N(CCC)CC(=O)NC)C(=O)O. The second-order valence-corrected chi connectivity index (χ2v) is 4.58. The summed E-state index contributed by atoms with van der Waals surface area (Å²) in [6.45, 7) is 4.17. The van der Waals surface area contributed by atoms with Crippen LogP contribution in [0.1, 0.15) is 39.5 Å². The number of nitrogens with one attached hydrogen (secondary N) is 2. The molecule has 0 rings (SSSR count). The van der Waals surface area contributed by atoms with Crippen molar-refractivity contribution in [3.8, 4) is 0 Å². The lowest BCUT2D eigenvalue weighted by molar-refractivity contribution is -0.139. The molecule has 0 aromatic rings. The van der Waals surface area contributed by atoms with E-state index in [9.17, 15) is 14.4 Å². The molecule has 1 atom stereocenters. The van der Waals surface area contributed by atoms with Crippen molar-refractivity contribution in [3.05, 3.63) is 0 Å². The number of carboxylic acid groups (broad SMARTS) is 1. The first-order valence-electron chi connectivity index (χ1n) is 6.95. The van der Waals surface area contributed by atoms with E-state index in [0.29, 0.717) is 19.4 Å². The minimum absolute atomic E-state index is 0.0731. The van der Waals surface area contributed by atoms with Gasteiger partial charge in [0.2, 0.25) is 5.91 Å². The molecule has 0 aliphatic rings. The van der Waals surface area contributed by atoms with E-state index in [1.165, 1.54) is 11.9 Å². The van der Waals surface area contributed by atoms with E-state index in [0.717, 1.165) is 12.8 Å². The van der Waals surface area contributed by atoms with Crippen molar-refractivity contribution >= 4 is 17.9 Å². The van der Waals surface area contributed by atoms with Gasteiger partial charge in [-0.15, -0.1) is 0 Å². The van der Waals surface area contributed by atoms with Gasteiger partial charge >= 0.3 is 12.0 Å². The van der Waals surface area contributed by atoms with Gasteiger partial charge in [0.25, 0.3) is 0 Å². The molecule has 0 aromatic heterocycles. The summed E-state index contributed by atoms with van der Waals surface area (Å²) in [5.41, 5.74) is 0. The maximum Gasteiger partial charge on any atom is 0.326 e. The number of hydrogen-bond donors (Lipinski definition) is 3. The fraction of sp³-hybridized carbons (Fsp3) is 0.769. The van der Waals surface area contributed by atoms with Crippen LogP contribution < -0.4 is 10.6 Å². The highest BCUT2D eigenvalue weighted by Gasteiger charge is 2.23.